The zero-order valence-electron chi connectivity index (χ0n) is 28.0. The van der Waals surface area contributed by atoms with Crippen molar-refractivity contribution >= 4 is 40.1 Å². The molecule has 11 heteroatoms. The molecule has 49 heavy (non-hydrogen) atoms. The lowest BCUT2D eigenvalue weighted by Crippen LogP contribution is -2.44. The lowest BCUT2D eigenvalue weighted by Gasteiger charge is -2.33. The lowest BCUT2D eigenvalue weighted by atomic mass is 9.81. The number of benzene rings is 3. The average Bonchev–Trinajstić information content (AvgIpc) is 3.83. The molecule has 3 aromatic rings. The second-order valence-corrected chi connectivity index (χ2v) is 14.0. The maximum atomic E-state index is 14.4. The molecule has 5 heterocycles. The number of ether oxygens (including phenoxy) is 1. The second kappa shape index (κ2) is 13.6. The van der Waals surface area contributed by atoms with E-state index in [9.17, 15) is 19.2 Å². The summed E-state index contributed by atoms with van der Waals surface area (Å²) in [6.45, 7) is 10.6. The van der Waals surface area contributed by atoms with E-state index in [0.29, 0.717) is 70.5 Å². The van der Waals surface area contributed by atoms with Crippen LogP contribution in [0.2, 0.25) is 0 Å². The first-order chi connectivity index (χ1) is 24.0. The summed E-state index contributed by atoms with van der Waals surface area (Å²) < 4.78 is 5.49. The molecule has 0 atom stereocenters. The van der Waals surface area contributed by atoms with Crippen LogP contribution in [0.5, 0.6) is 0 Å². The number of amides is 4. The van der Waals surface area contributed by atoms with E-state index in [1.54, 1.807) is 12.1 Å². The standard InChI is InChI=1S/C38H44N6O5/c45-35-28-23-30(39-10-17-41-11-1-2-12-41)34-32-29(37(47)44(38(34)48)16-5-15-42-18-20-49-21-19-42)22-27(33(31(28)32)36(46)40-35)26-8-6-25(7-9-26)24-43-13-3-4-14-43/h6-9,22-23,39H,1-5,10-21,24H2,(H,40,45,46). The minimum absolute atomic E-state index is 0.270. The normalized spacial score (nSPS) is 20.1. The molecule has 11 nitrogen and oxygen atoms in total. The van der Waals surface area contributed by atoms with E-state index in [4.69, 9.17) is 4.74 Å². The number of nitrogens with one attached hydrogen (secondary N) is 2. The van der Waals surface area contributed by atoms with Crippen LogP contribution >= 0.6 is 0 Å². The first-order valence-electron chi connectivity index (χ1n) is 17.9. The SMILES string of the molecule is O=C1NC(=O)c2c(-c3ccc(CN4CCCC4)cc3)cc3c4c(c(NCCN5CCCC5)cc1c24)C(=O)N(CCCN1CCOCC1)C3=O. The maximum absolute atomic E-state index is 14.4. The van der Waals surface area contributed by atoms with Crippen LogP contribution in [-0.4, -0.2) is 122 Å². The fourth-order valence-corrected chi connectivity index (χ4v) is 8.24. The van der Waals surface area contributed by atoms with Crippen LogP contribution in [0, 0.1) is 0 Å². The predicted octanol–water partition coefficient (Wildman–Crippen LogP) is 3.81. The smallest absolute Gasteiger partial charge is 0.263 e. The minimum Gasteiger partial charge on any atom is -0.383 e. The highest BCUT2D eigenvalue weighted by Gasteiger charge is 2.40. The second-order valence-electron chi connectivity index (χ2n) is 14.0. The van der Waals surface area contributed by atoms with Gasteiger partial charge in [-0.3, -0.25) is 39.2 Å². The van der Waals surface area contributed by atoms with Gasteiger partial charge in [-0.2, -0.15) is 0 Å². The molecule has 0 saturated carbocycles. The van der Waals surface area contributed by atoms with Crippen molar-refractivity contribution in [2.75, 3.05) is 84.0 Å². The highest BCUT2D eigenvalue weighted by molar-refractivity contribution is 6.36. The van der Waals surface area contributed by atoms with Crippen LogP contribution in [0.25, 0.3) is 21.9 Å². The number of rotatable bonds is 11. The molecule has 5 aliphatic heterocycles. The van der Waals surface area contributed by atoms with Gasteiger partial charge in [0, 0.05) is 67.8 Å². The fraction of sp³-hybridized carbons (Fsp3) is 0.474. The highest BCUT2D eigenvalue weighted by Crippen LogP contribution is 2.44. The Bertz CT molecular complexity index is 1810. The van der Waals surface area contributed by atoms with Gasteiger partial charge in [0.2, 0.25) is 0 Å². The van der Waals surface area contributed by atoms with Gasteiger partial charge < -0.3 is 15.0 Å². The van der Waals surface area contributed by atoms with Crippen LogP contribution < -0.4 is 10.6 Å². The molecule has 0 radical (unpaired) electrons. The van der Waals surface area contributed by atoms with Crippen molar-refractivity contribution in [2.24, 2.45) is 0 Å². The first-order valence-corrected chi connectivity index (χ1v) is 17.9. The van der Waals surface area contributed by atoms with Gasteiger partial charge in [-0.25, -0.2) is 0 Å². The number of carbonyl (C=O) groups excluding carboxylic acids is 4. The van der Waals surface area contributed by atoms with Crippen molar-refractivity contribution in [2.45, 2.75) is 38.6 Å². The number of anilines is 1. The summed E-state index contributed by atoms with van der Waals surface area (Å²) in [5.41, 5.74) is 4.40. The zero-order chi connectivity index (χ0) is 33.5. The molecule has 0 spiro atoms. The largest absolute Gasteiger partial charge is 0.383 e. The number of hydrogen-bond donors (Lipinski definition) is 2. The van der Waals surface area contributed by atoms with Crippen LogP contribution in [-0.2, 0) is 11.3 Å². The van der Waals surface area contributed by atoms with E-state index in [0.717, 1.165) is 64.5 Å². The van der Waals surface area contributed by atoms with Crippen LogP contribution in [0.3, 0.4) is 0 Å². The molecule has 0 aromatic heterocycles. The third-order valence-corrected chi connectivity index (χ3v) is 10.8. The van der Waals surface area contributed by atoms with E-state index in [1.165, 1.54) is 36.1 Å². The zero-order valence-corrected chi connectivity index (χ0v) is 28.0. The molecule has 3 saturated heterocycles. The molecular weight excluding hydrogens is 620 g/mol. The Labute approximate surface area is 286 Å². The minimum atomic E-state index is -0.524. The van der Waals surface area contributed by atoms with Crippen LogP contribution in [0.15, 0.2) is 36.4 Å². The third kappa shape index (κ3) is 6.14. The summed E-state index contributed by atoms with van der Waals surface area (Å²) in [5.74, 6) is -1.83. The van der Waals surface area contributed by atoms with E-state index in [1.807, 2.05) is 12.1 Å². The molecule has 3 aromatic carbocycles. The predicted molar refractivity (Wildman–Crippen MR) is 187 cm³/mol. The third-order valence-electron chi connectivity index (χ3n) is 10.8. The molecule has 5 aliphatic rings. The van der Waals surface area contributed by atoms with Crippen molar-refractivity contribution < 1.29 is 23.9 Å². The fourth-order valence-electron chi connectivity index (χ4n) is 8.24. The molecular formula is C38H44N6O5. The Morgan fingerprint density at radius 1 is 0.653 bits per heavy atom. The van der Waals surface area contributed by atoms with Gasteiger partial charge in [-0.1, -0.05) is 24.3 Å². The molecule has 256 valence electrons. The van der Waals surface area contributed by atoms with Gasteiger partial charge in [-0.05, 0) is 87.1 Å². The van der Waals surface area contributed by atoms with Gasteiger partial charge in [0.1, 0.15) is 0 Å². The summed E-state index contributed by atoms with van der Waals surface area (Å²) in [6, 6.07) is 11.6. The summed E-state index contributed by atoms with van der Waals surface area (Å²) in [6.07, 6.45) is 5.42. The number of carbonyl (C=O) groups is 4. The van der Waals surface area contributed by atoms with Crippen molar-refractivity contribution in [3.05, 3.63) is 64.2 Å². The number of nitrogens with zero attached hydrogens (tertiary/aromatic N) is 4. The van der Waals surface area contributed by atoms with Crippen molar-refractivity contribution in [3.63, 3.8) is 0 Å². The topological polar surface area (TPSA) is 115 Å². The average molecular weight is 665 g/mol. The molecule has 0 unspecified atom stereocenters. The van der Waals surface area contributed by atoms with E-state index < -0.39 is 23.6 Å². The van der Waals surface area contributed by atoms with Crippen molar-refractivity contribution in [3.8, 4) is 11.1 Å². The summed E-state index contributed by atoms with van der Waals surface area (Å²) in [4.78, 5) is 64.4. The summed E-state index contributed by atoms with van der Waals surface area (Å²) in [7, 11) is 0. The molecule has 8 rings (SSSR count). The van der Waals surface area contributed by atoms with Crippen molar-refractivity contribution in [1.29, 1.82) is 0 Å². The maximum Gasteiger partial charge on any atom is 0.263 e. The Kier molecular flexibility index (Phi) is 8.92. The summed E-state index contributed by atoms with van der Waals surface area (Å²) in [5, 5.41) is 6.79. The molecule has 4 amide bonds. The van der Waals surface area contributed by atoms with Crippen LogP contribution in [0.1, 0.15) is 79.1 Å². The Morgan fingerprint density at radius 3 is 2.06 bits per heavy atom. The van der Waals surface area contributed by atoms with Crippen molar-refractivity contribution in [1.82, 2.24) is 24.9 Å². The van der Waals surface area contributed by atoms with E-state index >= 15 is 0 Å². The Balaban J connectivity index is 1.21. The van der Waals surface area contributed by atoms with Gasteiger partial charge >= 0.3 is 0 Å². The van der Waals surface area contributed by atoms with Gasteiger partial charge in [0.25, 0.3) is 23.6 Å². The van der Waals surface area contributed by atoms with Gasteiger partial charge in [0.15, 0.2) is 0 Å². The van der Waals surface area contributed by atoms with Gasteiger partial charge in [-0.15, -0.1) is 0 Å². The number of morpholine rings is 1. The molecule has 0 aliphatic carbocycles. The number of imide groups is 2. The molecule has 0 bridgehead atoms. The van der Waals surface area contributed by atoms with E-state index in [2.05, 4.69) is 37.5 Å². The first kappa shape index (κ1) is 32.1. The number of hydrogen-bond acceptors (Lipinski definition) is 9. The lowest BCUT2D eigenvalue weighted by molar-refractivity contribution is 0.0352. The molecule has 3 fully saturated rings. The highest BCUT2D eigenvalue weighted by atomic mass is 16.5. The Morgan fingerprint density at radius 2 is 1.33 bits per heavy atom. The monoisotopic (exact) mass is 664 g/mol. The Hall–Kier alpha value is -4.16. The molecule has 2 N–H and O–H groups in total. The van der Waals surface area contributed by atoms with Gasteiger partial charge in [0.05, 0.1) is 29.9 Å². The summed E-state index contributed by atoms with van der Waals surface area (Å²) >= 11 is 0. The van der Waals surface area contributed by atoms with E-state index in [-0.39, 0.29) is 6.54 Å². The van der Waals surface area contributed by atoms with Crippen LogP contribution in [0.4, 0.5) is 5.69 Å². The number of likely N-dealkylation sites (tertiary alicyclic amines) is 2. The quantitative estimate of drug-likeness (QED) is 0.296.